The van der Waals surface area contributed by atoms with E-state index in [0.717, 1.165) is 12.0 Å². The van der Waals surface area contributed by atoms with E-state index in [-0.39, 0.29) is 11.9 Å². The molecule has 21 heavy (non-hydrogen) atoms. The molecule has 0 aliphatic heterocycles. The van der Waals surface area contributed by atoms with Crippen molar-refractivity contribution in [3.8, 4) is 11.5 Å². The van der Waals surface area contributed by atoms with Crippen molar-refractivity contribution in [3.05, 3.63) is 59.9 Å². The first-order valence-electron chi connectivity index (χ1n) is 6.96. The summed E-state index contributed by atoms with van der Waals surface area (Å²) in [6, 6.07) is 13.4. The average Bonchev–Trinajstić information content (AvgIpc) is 2.52. The number of methoxy groups -OCH3 is 1. The highest BCUT2D eigenvalue weighted by atomic mass is 19.1. The minimum absolute atomic E-state index is 0.239. The third-order valence-electron chi connectivity index (χ3n) is 3.36. The van der Waals surface area contributed by atoms with Gasteiger partial charge >= 0.3 is 0 Å². The van der Waals surface area contributed by atoms with Crippen molar-refractivity contribution < 1.29 is 13.9 Å². The second-order valence-electron chi connectivity index (χ2n) is 4.82. The molecule has 2 aromatic carbocycles. The number of hydrogen-bond acceptors (Lipinski definition) is 3. The summed E-state index contributed by atoms with van der Waals surface area (Å²) in [4.78, 5) is 0. The first kappa shape index (κ1) is 15.3. The second-order valence-corrected chi connectivity index (χ2v) is 4.82. The fraction of sp³-hybridized carbons (Fsp3) is 0.294. The zero-order valence-corrected chi connectivity index (χ0v) is 12.3. The van der Waals surface area contributed by atoms with Crippen LogP contribution in [0.1, 0.15) is 25.0 Å². The van der Waals surface area contributed by atoms with Crippen LogP contribution in [0.25, 0.3) is 0 Å². The molecule has 0 saturated carbocycles. The van der Waals surface area contributed by atoms with Gasteiger partial charge in [-0.3, -0.25) is 0 Å². The van der Waals surface area contributed by atoms with E-state index >= 15 is 0 Å². The van der Waals surface area contributed by atoms with Gasteiger partial charge in [0.25, 0.3) is 0 Å². The molecule has 0 radical (unpaired) electrons. The highest BCUT2D eigenvalue weighted by Gasteiger charge is 2.22. The predicted molar refractivity (Wildman–Crippen MR) is 81.0 cm³/mol. The molecule has 0 saturated heterocycles. The Morgan fingerprint density at radius 1 is 1.10 bits per heavy atom. The Balaban J connectivity index is 2.33. The lowest BCUT2D eigenvalue weighted by molar-refractivity contribution is 0.164. The number of nitrogens with two attached hydrogens (primary N) is 1. The maximum absolute atomic E-state index is 13.5. The van der Waals surface area contributed by atoms with E-state index in [1.54, 1.807) is 13.2 Å². The minimum atomic E-state index is -0.429. The molecule has 0 heterocycles. The predicted octanol–water partition coefficient (Wildman–Crippen LogP) is 3.69. The monoisotopic (exact) mass is 289 g/mol. The molecule has 3 nitrogen and oxygen atoms in total. The molecule has 2 aromatic rings. The van der Waals surface area contributed by atoms with Crippen LogP contribution in [0.3, 0.4) is 0 Å². The molecule has 0 amide bonds. The Morgan fingerprint density at radius 2 is 1.81 bits per heavy atom. The molecular formula is C17H20FNO2. The van der Waals surface area contributed by atoms with Crippen LogP contribution in [-0.4, -0.2) is 13.2 Å². The van der Waals surface area contributed by atoms with Crippen LogP contribution in [0, 0.1) is 5.82 Å². The SMILES string of the molecule is CCC(N)C(Oc1ccccc1OC)c1cccc(F)c1. The summed E-state index contributed by atoms with van der Waals surface area (Å²) in [6.07, 6.45) is 0.290. The van der Waals surface area contributed by atoms with Crippen molar-refractivity contribution in [2.75, 3.05) is 7.11 Å². The fourth-order valence-corrected chi connectivity index (χ4v) is 2.15. The van der Waals surface area contributed by atoms with E-state index in [9.17, 15) is 4.39 Å². The quantitative estimate of drug-likeness (QED) is 0.882. The average molecular weight is 289 g/mol. The first-order valence-corrected chi connectivity index (χ1v) is 6.96. The van der Waals surface area contributed by atoms with Crippen LogP contribution in [0.4, 0.5) is 4.39 Å². The largest absolute Gasteiger partial charge is 0.493 e. The Morgan fingerprint density at radius 3 is 2.43 bits per heavy atom. The van der Waals surface area contributed by atoms with Gasteiger partial charge in [0.15, 0.2) is 11.5 Å². The highest BCUT2D eigenvalue weighted by molar-refractivity contribution is 5.40. The molecule has 0 aliphatic rings. The van der Waals surface area contributed by atoms with Crippen molar-refractivity contribution in [1.82, 2.24) is 0 Å². The zero-order valence-electron chi connectivity index (χ0n) is 12.3. The summed E-state index contributed by atoms with van der Waals surface area (Å²) in [5.41, 5.74) is 6.87. The van der Waals surface area contributed by atoms with Crippen LogP contribution < -0.4 is 15.2 Å². The lowest BCUT2D eigenvalue weighted by Gasteiger charge is -2.25. The van der Waals surface area contributed by atoms with Gasteiger partial charge in [0.1, 0.15) is 11.9 Å². The minimum Gasteiger partial charge on any atom is -0.493 e. The van der Waals surface area contributed by atoms with Crippen LogP contribution in [0.2, 0.25) is 0 Å². The summed E-state index contributed by atoms with van der Waals surface area (Å²) in [7, 11) is 1.58. The molecule has 0 fully saturated rings. The van der Waals surface area contributed by atoms with Gasteiger partial charge in [-0.15, -0.1) is 0 Å². The van der Waals surface area contributed by atoms with Gasteiger partial charge in [0, 0.05) is 6.04 Å². The molecule has 0 bridgehead atoms. The zero-order chi connectivity index (χ0) is 15.2. The Bertz CT molecular complexity index is 589. The van der Waals surface area contributed by atoms with Crippen molar-refractivity contribution in [3.63, 3.8) is 0 Å². The maximum atomic E-state index is 13.5. The standard InChI is InChI=1S/C17H20FNO2/c1-3-14(19)17(12-7-6-8-13(18)11-12)21-16-10-5-4-9-15(16)20-2/h4-11,14,17H,3,19H2,1-2H3. The van der Waals surface area contributed by atoms with Gasteiger partial charge in [0.2, 0.25) is 0 Å². The first-order chi connectivity index (χ1) is 10.2. The maximum Gasteiger partial charge on any atom is 0.162 e. The van der Waals surface area contributed by atoms with Gasteiger partial charge in [-0.25, -0.2) is 4.39 Å². The number of ether oxygens (including phenoxy) is 2. The molecule has 0 aliphatic carbocycles. The number of hydrogen-bond donors (Lipinski definition) is 1. The summed E-state index contributed by atoms with van der Waals surface area (Å²) < 4.78 is 24.8. The third kappa shape index (κ3) is 3.73. The highest BCUT2D eigenvalue weighted by Crippen LogP contribution is 2.32. The van der Waals surface area contributed by atoms with Crippen molar-refractivity contribution in [1.29, 1.82) is 0 Å². The molecule has 2 atom stereocenters. The van der Waals surface area contributed by atoms with Gasteiger partial charge < -0.3 is 15.2 Å². The summed E-state index contributed by atoms with van der Waals surface area (Å²) in [5.74, 6) is 0.921. The van der Waals surface area contributed by atoms with E-state index in [1.165, 1.54) is 12.1 Å². The number of benzene rings is 2. The molecule has 2 unspecified atom stereocenters. The molecule has 112 valence electrons. The normalized spacial score (nSPS) is 13.5. The summed E-state index contributed by atoms with van der Waals surface area (Å²) >= 11 is 0. The Labute approximate surface area is 124 Å². The van der Waals surface area contributed by atoms with E-state index in [1.807, 2.05) is 37.3 Å². The number of halogens is 1. The lowest BCUT2D eigenvalue weighted by Crippen LogP contribution is -2.31. The molecule has 0 spiro atoms. The number of rotatable bonds is 6. The van der Waals surface area contributed by atoms with Crippen LogP contribution in [0.5, 0.6) is 11.5 Å². The Hall–Kier alpha value is -2.07. The van der Waals surface area contributed by atoms with Crippen molar-refractivity contribution >= 4 is 0 Å². The van der Waals surface area contributed by atoms with Crippen LogP contribution in [-0.2, 0) is 0 Å². The molecule has 0 aromatic heterocycles. The van der Waals surface area contributed by atoms with Gasteiger partial charge in [-0.1, -0.05) is 31.2 Å². The topological polar surface area (TPSA) is 44.5 Å². The molecule has 2 N–H and O–H groups in total. The third-order valence-corrected chi connectivity index (χ3v) is 3.36. The lowest BCUT2D eigenvalue weighted by atomic mass is 10.0. The van der Waals surface area contributed by atoms with Gasteiger partial charge in [-0.05, 0) is 36.2 Å². The van der Waals surface area contributed by atoms with Crippen molar-refractivity contribution in [2.45, 2.75) is 25.5 Å². The van der Waals surface area contributed by atoms with E-state index in [2.05, 4.69) is 0 Å². The number of para-hydroxylation sites is 2. The second kappa shape index (κ2) is 7.09. The van der Waals surface area contributed by atoms with Gasteiger partial charge in [0.05, 0.1) is 7.11 Å². The Kier molecular flexibility index (Phi) is 5.17. The summed E-state index contributed by atoms with van der Waals surface area (Å²) in [5, 5.41) is 0. The van der Waals surface area contributed by atoms with Gasteiger partial charge in [-0.2, -0.15) is 0 Å². The van der Waals surface area contributed by atoms with Crippen LogP contribution >= 0.6 is 0 Å². The molecule has 2 rings (SSSR count). The van der Waals surface area contributed by atoms with E-state index in [0.29, 0.717) is 11.5 Å². The van der Waals surface area contributed by atoms with E-state index < -0.39 is 6.10 Å². The summed E-state index contributed by atoms with van der Waals surface area (Å²) in [6.45, 7) is 1.97. The van der Waals surface area contributed by atoms with Crippen LogP contribution in [0.15, 0.2) is 48.5 Å². The van der Waals surface area contributed by atoms with E-state index in [4.69, 9.17) is 15.2 Å². The molecular weight excluding hydrogens is 269 g/mol. The smallest absolute Gasteiger partial charge is 0.162 e. The molecule has 4 heteroatoms. The fourth-order valence-electron chi connectivity index (χ4n) is 2.15. The van der Waals surface area contributed by atoms with Crippen molar-refractivity contribution in [2.24, 2.45) is 5.73 Å².